The Labute approximate surface area is 153 Å². The number of nitrogens with one attached hydrogen (secondary N) is 2. The molecule has 1 heterocycles. The fraction of sp³-hybridized carbons (Fsp3) is 0.238. The molecule has 0 radical (unpaired) electrons. The first kappa shape index (κ1) is 17.7. The molecule has 5 nitrogen and oxygen atoms in total. The number of aromatic amines is 1. The number of H-pyrrole nitrogens is 1. The van der Waals surface area contributed by atoms with Gasteiger partial charge in [-0.25, -0.2) is 4.98 Å². The van der Waals surface area contributed by atoms with E-state index in [1.807, 2.05) is 19.1 Å². The first-order valence-electron chi connectivity index (χ1n) is 8.66. The van der Waals surface area contributed by atoms with Crippen molar-refractivity contribution in [2.24, 2.45) is 0 Å². The monoisotopic (exact) mass is 349 g/mol. The molecular weight excluding hydrogens is 326 g/mol. The summed E-state index contributed by atoms with van der Waals surface area (Å²) in [5.41, 5.74) is 4.44. The molecule has 0 aliphatic carbocycles. The number of nitrogens with zero attached hydrogens (tertiary/aromatic N) is 1. The summed E-state index contributed by atoms with van der Waals surface area (Å²) in [5.74, 6) is 0.827. The molecule has 1 unspecified atom stereocenters. The second-order valence-electron chi connectivity index (χ2n) is 6.39. The fourth-order valence-electron chi connectivity index (χ4n) is 2.85. The van der Waals surface area contributed by atoms with Crippen LogP contribution in [0, 0.1) is 0 Å². The maximum Gasteiger partial charge on any atom is 0.217 e. The predicted molar refractivity (Wildman–Crippen MR) is 102 cm³/mol. The SMILES string of the molecule is CC(=O)NC(C)Cc1ccc(-c2ccc(OCc3cnc[nH]3)cc2)cc1. The van der Waals surface area contributed by atoms with Crippen molar-refractivity contribution in [1.82, 2.24) is 15.3 Å². The van der Waals surface area contributed by atoms with Gasteiger partial charge < -0.3 is 15.0 Å². The zero-order valence-corrected chi connectivity index (χ0v) is 15.0. The highest BCUT2D eigenvalue weighted by molar-refractivity contribution is 5.73. The van der Waals surface area contributed by atoms with E-state index in [1.165, 1.54) is 5.56 Å². The van der Waals surface area contributed by atoms with Crippen molar-refractivity contribution in [3.63, 3.8) is 0 Å². The third kappa shape index (κ3) is 4.96. The highest BCUT2D eigenvalue weighted by atomic mass is 16.5. The molecule has 0 saturated carbocycles. The standard InChI is InChI=1S/C21H23N3O2/c1-15(24-16(2)25)11-17-3-5-18(6-4-17)19-7-9-21(10-8-19)26-13-20-12-22-14-23-20/h3-10,12,14-15H,11,13H2,1-2H3,(H,22,23)(H,24,25). The first-order valence-corrected chi connectivity index (χ1v) is 8.66. The highest BCUT2D eigenvalue weighted by Crippen LogP contribution is 2.23. The van der Waals surface area contributed by atoms with Gasteiger partial charge in [0.15, 0.2) is 0 Å². The summed E-state index contributed by atoms with van der Waals surface area (Å²) in [5, 5.41) is 2.91. The number of carbonyl (C=O) groups is 1. The van der Waals surface area contributed by atoms with E-state index in [2.05, 4.69) is 51.7 Å². The van der Waals surface area contributed by atoms with Crippen LogP contribution in [-0.2, 0) is 17.8 Å². The van der Waals surface area contributed by atoms with E-state index in [0.29, 0.717) is 6.61 Å². The van der Waals surface area contributed by atoms with Crippen LogP contribution in [-0.4, -0.2) is 21.9 Å². The molecular formula is C21H23N3O2. The molecule has 3 rings (SSSR count). The largest absolute Gasteiger partial charge is 0.487 e. The van der Waals surface area contributed by atoms with Crippen molar-refractivity contribution < 1.29 is 9.53 Å². The number of carbonyl (C=O) groups excluding carboxylic acids is 1. The van der Waals surface area contributed by atoms with Gasteiger partial charge in [0.2, 0.25) is 5.91 Å². The van der Waals surface area contributed by atoms with Gasteiger partial charge in [0, 0.05) is 13.0 Å². The number of ether oxygens (including phenoxy) is 1. The van der Waals surface area contributed by atoms with Crippen molar-refractivity contribution in [3.05, 3.63) is 72.3 Å². The molecule has 1 aromatic heterocycles. The summed E-state index contributed by atoms with van der Waals surface area (Å²) < 4.78 is 5.73. The van der Waals surface area contributed by atoms with Crippen LogP contribution in [0.15, 0.2) is 61.1 Å². The molecule has 1 atom stereocenters. The number of imidazole rings is 1. The summed E-state index contributed by atoms with van der Waals surface area (Å²) in [6, 6.07) is 16.6. The van der Waals surface area contributed by atoms with Crippen molar-refractivity contribution >= 4 is 5.91 Å². The average Bonchev–Trinajstić information content (AvgIpc) is 3.14. The Bertz CT molecular complexity index is 825. The molecule has 0 spiro atoms. The van der Waals surface area contributed by atoms with Gasteiger partial charge in [-0.2, -0.15) is 0 Å². The highest BCUT2D eigenvalue weighted by Gasteiger charge is 2.05. The number of amides is 1. The molecule has 0 aliphatic heterocycles. The second kappa shape index (κ2) is 8.34. The van der Waals surface area contributed by atoms with Crippen LogP contribution in [0.1, 0.15) is 25.1 Å². The van der Waals surface area contributed by atoms with Gasteiger partial charge in [0.1, 0.15) is 12.4 Å². The van der Waals surface area contributed by atoms with Crippen molar-refractivity contribution in [1.29, 1.82) is 0 Å². The van der Waals surface area contributed by atoms with Crippen LogP contribution in [0.5, 0.6) is 5.75 Å². The third-order valence-corrected chi connectivity index (χ3v) is 4.08. The molecule has 0 aliphatic rings. The Hall–Kier alpha value is -3.08. The van der Waals surface area contributed by atoms with E-state index in [-0.39, 0.29) is 11.9 Å². The van der Waals surface area contributed by atoms with Gasteiger partial charge >= 0.3 is 0 Å². The number of hydrogen-bond donors (Lipinski definition) is 2. The van der Waals surface area contributed by atoms with E-state index < -0.39 is 0 Å². The molecule has 2 N–H and O–H groups in total. The smallest absolute Gasteiger partial charge is 0.217 e. The van der Waals surface area contributed by atoms with Crippen molar-refractivity contribution in [2.75, 3.05) is 0 Å². The number of aromatic nitrogens is 2. The lowest BCUT2D eigenvalue weighted by Crippen LogP contribution is -2.31. The zero-order chi connectivity index (χ0) is 18.4. The lowest BCUT2D eigenvalue weighted by molar-refractivity contribution is -0.119. The normalized spacial score (nSPS) is 11.8. The Morgan fingerprint density at radius 3 is 2.35 bits per heavy atom. The van der Waals surface area contributed by atoms with E-state index >= 15 is 0 Å². The van der Waals surface area contributed by atoms with Gasteiger partial charge in [-0.05, 0) is 42.2 Å². The molecule has 3 aromatic rings. The van der Waals surface area contributed by atoms with Gasteiger partial charge in [0.25, 0.3) is 0 Å². The molecule has 26 heavy (non-hydrogen) atoms. The van der Waals surface area contributed by atoms with E-state index in [9.17, 15) is 4.79 Å². The fourth-order valence-corrected chi connectivity index (χ4v) is 2.85. The first-order chi connectivity index (χ1) is 12.6. The van der Waals surface area contributed by atoms with E-state index in [1.54, 1.807) is 19.4 Å². The van der Waals surface area contributed by atoms with Crippen LogP contribution in [0.25, 0.3) is 11.1 Å². The number of rotatable bonds is 7. The summed E-state index contributed by atoms with van der Waals surface area (Å²) in [6.07, 6.45) is 4.21. The Kier molecular flexibility index (Phi) is 5.69. The maximum absolute atomic E-state index is 11.1. The maximum atomic E-state index is 11.1. The summed E-state index contributed by atoms with van der Waals surface area (Å²) in [4.78, 5) is 18.1. The Morgan fingerprint density at radius 2 is 1.77 bits per heavy atom. The Morgan fingerprint density at radius 1 is 1.12 bits per heavy atom. The number of benzene rings is 2. The molecule has 0 bridgehead atoms. The topological polar surface area (TPSA) is 67.0 Å². The Balaban J connectivity index is 1.59. The quantitative estimate of drug-likeness (QED) is 0.683. The molecule has 134 valence electrons. The molecule has 0 fully saturated rings. The zero-order valence-electron chi connectivity index (χ0n) is 15.0. The van der Waals surface area contributed by atoms with E-state index in [0.717, 1.165) is 29.0 Å². The average molecular weight is 349 g/mol. The van der Waals surface area contributed by atoms with Crippen LogP contribution in [0.4, 0.5) is 0 Å². The van der Waals surface area contributed by atoms with Gasteiger partial charge in [-0.3, -0.25) is 4.79 Å². The van der Waals surface area contributed by atoms with Gasteiger partial charge in [-0.15, -0.1) is 0 Å². The van der Waals surface area contributed by atoms with Crippen LogP contribution >= 0.6 is 0 Å². The molecule has 1 amide bonds. The van der Waals surface area contributed by atoms with Crippen LogP contribution < -0.4 is 10.1 Å². The molecule has 5 heteroatoms. The summed E-state index contributed by atoms with van der Waals surface area (Å²) in [6.45, 7) is 4.03. The molecule has 2 aromatic carbocycles. The second-order valence-corrected chi connectivity index (χ2v) is 6.39. The van der Waals surface area contributed by atoms with Gasteiger partial charge in [0.05, 0.1) is 18.2 Å². The summed E-state index contributed by atoms with van der Waals surface area (Å²) >= 11 is 0. The minimum atomic E-state index is 0.00366. The van der Waals surface area contributed by atoms with Crippen molar-refractivity contribution in [2.45, 2.75) is 32.9 Å². The minimum absolute atomic E-state index is 0.00366. The van der Waals surface area contributed by atoms with Gasteiger partial charge in [-0.1, -0.05) is 36.4 Å². The lowest BCUT2D eigenvalue weighted by Gasteiger charge is -2.13. The van der Waals surface area contributed by atoms with Crippen LogP contribution in [0.3, 0.4) is 0 Å². The minimum Gasteiger partial charge on any atom is -0.487 e. The van der Waals surface area contributed by atoms with Crippen molar-refractivity contribution in [3.8, 4) is 16.9 Å². The predicted octanol–water partition coefficient (Wildman–Crippen LogP) is 3.72. The summed E-state index contributed by atoms with van der Waals surface area (Å²) in [7, 11) is 0. The third-order valence-electron chi connectivity index (χ3n) is 4.08. The van der Waals surface area contributed by atoms with E-state index in [4.69, 9.17) is 4.74 Å². The van der Waals surface area contributed by atoms with Crippen LogP contribution in [0.2, 0.25) is 0 Å². The lowest BCUT2D eigenvalue weighted by atomic mass is 10.0. The number of hydrogen-bond acceptors (Lipinski definition) is 3. The molecule has 0 saturated heterocycles.